The molecule has 3 heterocycles. The monoisotopic (exact) mass is 369 g/mol. The number of carbonyl (C=O) groups excluding carboxylic acids is 1. The van der Waals surface area contributed by atoms with E-state index >= 15 is 0 Å². The molecule has 0 radical (unpaired) electrons. The number of hydrogen-bond donors (Lipinski definition) is 1. The molecule has 0 saturated carbocycles. The average Bonchev–Trinajstić information content (AvgIpc) is 2.99. The van der Waals surface area contributed by atoms with Gasteiger partial charge in [0, 0.05) is 17.6 Å². The number of pyridine rings is 1. The molecular weight excluding hydrogens is 346 g/mol. The Balaban J connectivity index is 1.82. The second-order valence-corrected chi connectivity index (χ2v) is 8.45. The van der Waals surface area contributed by atoms with Crippen molar-refractivity contribution < 1.29 is 4.79 Å². The maximum atomic E-state index is 13.1. The number of thiophene rings is 1. The molecule has 0 saturated heterocycles. The molecule has 1 N–H and O–H groups in total. The summed E-state index contributed by atoms with van der Waals surface area (Å²) < 4.78 is 1.53. The summed E-state index contributed by atoms with van der Waals surface area (Å²) in [5.74, 6) is 0.358. The molecule has 0 bridgehead atoms. The van der Waals surface area contributed by atoms with Crippen molar-refractivity contribution in [1.29, 1.82) is 0 Å². The van der Waals surface area contributed by atoms with E-state index in [9.17, 15) is 9.59 Å². The first-order valence-corrected chi connectivity index (χ1v) is 10.1. The summed E-state index contributed by atoms with van der Waals surface area (Å²) in [6.45, 7) is 4.87. The number of aromatic nitrogens is 2. The topological polar surface area (TPSA) is 63.5 Å². The predicted octanol–water partition coefficient (Wildman–Crippen LogP) is 3.56. The van der Waals surface area contributed by atoms with Gasteiger partial charge in [-0.1, -0.05) is 13.8 Å². The number of hydrogen-bond acceptors (Lipinski definition) is 4. The predicted molar refractivity (Wildman–Crippen MR) is 105 cm³/mol. The molecule has 5 nitrogen and oxygen atoms in total. The first-order chi connectivity index (χ1) is 12.6. The highest BCUT2D eigenvalue weighted by Crippen LogP contribution is 2.34. The third kappa shape index (κ3) is 2.92. The van der Waals surface area contributed by atoms with E-state index in [4.69, 9.17) is 4.98 Å². The lowest BCUT2D eigenvalue weighted by Gasteiger charge is -2.11. The van der Waals surface area contributed by atoms with Crippen LogP contribution in [0.2, 0.25) is 0 Å². The van der Waals surface area contributed by atoms with Crippen LogP contribution in [0, 0.1) is 5.92 Å². The van der Waals surface area contributed by atoms with E-state index in [0.29, 0.717) is 23.7 Å². The number of fused-ring (bicyclic) bond motifs is 4. The maximum Gasteiger partial charge on any atom is 0.266 e. The molecular formula is C20H23N3O2S. The Hall–Kier alpha value is -2.21. The lowest BCUT2D eigenvalue weighted by atomic mass is 9.97. The van der Waals surface area contributed by atoms with Crippen LogP contribution >= 0.6 is 11.3 Å². The number of amides is 1. The molecule has 0 spiro atoms. The Kier molecular flexibility index (Phi) is 4.53. The maximum absolute atomic E-state index is 13.1. The second kappa shape index (κ2) is 6.83. The summed E-state index contributed by atoms with van der Waals surface area (Å²) in [6.07, 6.45) is 6.91. The Bertz CT molecular complexity index is 1050. The standard InChI is InChI=1S/C20H23N3O2S/c1-12(2)9-10-21-18(24)14-7-5-11-23-17(14)22-19-16(20(23)25)13-6-3-4-8-15(13)26-19/h5,7,11-12H,3-4,6,8-10H2,1-2H3,(H,21,24). The van der Waals surface area contributed by atoms with E-state index in [1.807, 2.05) is 0 Å². The van der Waals surface area contributed by atoms with Crippen molar-refractivity contribution in [2.75, 3.05) is 6.54 Å². The van der Waals surface area contributed by atoms with Crippen molar-refractivity contribution in [2.24, 2.45) is 5.92 Å². The lowest BCUT2D eigenvalue weighted by Crippen LogP contribution is -2.27. The van der Waals surface area contributed by atoms with Crippen molar-refractivity contribution in [3.8, 4) is 0 Å². The fourth-order valence-electron chi connectivity index (χ4n) is 3.59. The number of rotatable bonds is 4. The third-order valence-corrected chi connectivity index (χ3v) is 6.20. The van der Waals surface area contributed by atoms with Crippen molar-refractivity contribution in [2.45, 2.75) is 46.0 Å². The zero-order valence-electron chi connectivity index (χ0n) is 15.2. The number of nitrogens with zero attached hydrogens (tertiary/aromatic N) is 2. The van der Waals surface area contributed by atoms with E-state index in [2.05, 4.69) is 19.2 Å². The van der Waals surface area contributed by atoms with Crippen LogP contribution in [0.3, 0.4) is 0 Å². The zero-order valence-corrected chi connectivity index (χ0v) is 16.0. The fraction of sp³-hybridized carbons (Fsp3) is 0.450. The zero-order chi connectivity index (χ0) is 18.3. The number of aryl methyl sites for hydroxylation is 2. The molecule has 0 aromatic carbocycles. The molecule has 1 aliphatic rings. The van der Waals surface area contributed by atoms with Crippen LogP contribution in [0.5, 0.6) is 0 Å². The molecule has 136 valence electrons. The van der Waals surface area contributed by atoms with Crippen LogP contribution in [-0.2, 0) is 12.8 Å². The molecule has 0 fully saturated rings. The highest BCUT2D eigenvalue weighted by atomic mass is 32.1. The van der Waals surface area contributed by atoms with Gasteiger partial charge in [0.1, 0.15) is 4.83 Å². The van der Waals surface area contributed by atoms with Gasteiger partial charge in [0.2, 0.25) is 0 Å². The molecule has 0 aliphatic heterocycles. The molecule has 0 atom stereocenters. The van der Waals surface area contributed by atoms with Gasteiger partial charge in [-0.2, -0.15) is 0 Å². The molecule has 3 aromatic heterocycles. The van der Waals surface area contributed by atoms with Crippen LogP contribution in [0.4, 0.5) is 0 Å². The highest BCUT2D eigenvalue weighted by molar-refractivity contribution is 7.18. The van der Waals surface area contributed by atoms with Gasteiger partial charge >= 0.3 is 0 Å². The normalized spacial score (nSPS) is 14.1. The summed E-state index contributed by atoms with van der Waals surface area (Å²) in [7, 11) is 0. The molecule has 26 heavy (non-hydrogen) atoms. The summed E-state index contributed by atoms with van der Waals surface area (Å²) >= 11 is 1.61. The van der Waals surface area contributed by atoms with E-state index in [0.717, 1.165) is 35.9 Å². The summed E-state index contributed by atoms with van der Waals surface area (Å²) in [6, 6.07) is 3.49. The van der Waals surface area contributed by atoms with Crippen LogP contribution in [0.25, 0.3) is 15.9 Å². The lowest BCUT2D eigenvalue weighted by molar-refractivity contribution is 0.0953. The van der Waals surface area contributed by atoms with Gasteiger partial charge in [-0.25, -0.2) is 4.98 Å². The number of nitrogens with one attached hydrogen (secondary N) is 1. The molecule has 1 amide bonds. The Morgan fingerprint density at radius 2 is 2.15 bits per heavy atom. The van der Waals surface area contributed by atoms with Gasteiger partial charge in [0.05, 0.1) is 10.9 Å². The summed E-state index contributed by atoms with van der Waals surface area (Å²) in [5.41, 5.74) is 2.03. The molecule has 0 unspecified atom stereocenters. The first kappa shape index (κ1) is 17.2. The van der Waals surface area contributed by atoms with E-state index in [1.54, 1.807) is 29.7 Å². The van der Waals surface area contributed by atoms with Crippen LogP contribution in [0.1, 0.15) is 53.9 Å². The summed E-state index contributed by atoms with van der Waals surface area (Å²) in [5, 5.41) is 3.70. The van der Waals surface area contributed by atoms with Gasteiger partial charge in [-0.3, -0.25) is 14.0 Å². The van der Waals surface area contributed by atoms with E-state index in [1.165, 1.54) is 21.3 Å². The van der Waals surface area contributed by atoms with Crippen molar-refractivity contribution in [1.82, 2.24) is 14.7 Å². The highest BCUT2D eigenvalue weighted by Gasteiger charge is 2.22. The SMILES string of the molecule is CC(C)CCNC(=O)c1cccn2c(=O)c3c4c(sc3nc12)CCCC4. The molecule has 6 heteroatoms. The van der Waals surface area contributed by atoms with Gasteiger partial charge in [0.25, 0.3) is 11.5 Å². The molecule has 1 aliphatic carbocycles. The third-order valence-electron chi connectivity index (χ3n) is 5.01. The van der Waals surface area contributed by atoms with Gasteiger partial charge in [-0.05, 0) is 55.7 Å². The average molecular weight is 369 g/mol. The van der Waals surface area contributed by atoms with E-state index in [-0.39, 0.29) is 11.5 Å². The quantitative estimate of drug-likeness (QED) is 0.765. The van der Waals surface area contributed by atoms with Crippen molar-refractivity contribution >= 4 is 33.1 Å². The smallest absolute Gasteiger partial charge is 0.266 e. The first-order valence-electron chi connectivity index (χ1n) is 9.30. The fourth-order valence-corrected chi connectivity index (χ4v) is 4.84. The van der Waals surface area contributed by atoms with Gasteiger partial charge in [0.15, 0.2) is 5.65 Å². The molecule has 3 aromatic rings. The Morgan fingerprint density at radius 3 is 2.96 bits per heavy atom. The minimum absolute atomic E-state index is 0.0544. The Morgan fingerprint density at radius 1 is 1.35 bits per heavy atom. The van der Waals surface area contributed by atoms with Gasteiger partial charge < -0.3 is 5.32 Å². The number of carbonyl (C=O) groups is 1. The Labute approximate surface area is 156 Å². The van der Waals surface area contributed by atoms with Gasteiger partial charge in [-0.15, -0.1) is 11.3 Å². The van der Waals surface area contributed by atoms with Crippen LogP contribution in [-0.4, -0.2) is 21.8 Å². The minimum atomic E-state index is -0.170. The second-order valence-electron chi connectivity index (χ2n) is 7.36. The largest absolute Gasteiger partial charge is 0.352 e. The summed E-state index contributed by atoms with van der Waals surface area (Å²) in [4.78, 5) is 32.5. The van der Waals surface area contributed by atoms with Crippen molar-refractivity contribution in [3.05, 3.63) is 44.7 Å². The van der Waals surface area contributed by atoms with Crippen LogP contribution < -0.4 is 10.9 Å². The minimum Gasteiger partial charge on any atom is -0.352 e. The van der Waals surface area contributed by atoms with Crippen LogP contribution in [0.15, 0.2) is 23.1 Å². The molecule has 4 rings (SSSR count). The van der Waals surface area contributed by atoms with E-state index < -0.39 is 0 Å². The van der Waals surface area contributed by atoms with Crippen molar-refractivity contribution in [3.63, 3.8) is 0 Å².